The van der Waals surface area contributed by atoms with Gasteiger partial charge in [0.05, 0.1) is 24.6 Å². The minimum absolute atomic E-state index is 0. The average molecular weight is 501 g/mol. The first-order valence-electron chi connectivity index (χ1n) is 9.51. The van der Waals surface area contributed by atoms with E-state index in [9.17, 15) is 0 Å². The van der Waals surface area contributed by atoms with Crippen LogP contribution in [0.5, 0.6) is 0 Å². The molecule has 1 unspecified atom stereocenters. The SMILES string of the molecule is CN=C(NCc1ncc(C(C)(C)C)o1)NC1CCCN(c2cnn(C)c2)C1.I. The minimum atomic E-state index is -0.0387. The van der Waals surface area contributed by atoms with Crippen LogP contribution >= 0.6 is 24.0 Å². The number of hydrogen-bond acceptors (Lipinski definition) is 5. The normalized spacial score (nSPS) is 18.0. The highest BCUT2D eigenvalue weighted by atomic mass is 127. The molecule has 1 saturated heterocycles. The summed E-state index contributed by atoms with van der Waals surface area (Å²) < 4.78 is 7.68. The molecule has 3 heterocycles. The zero-order valence-corrected chi connectivity index (χ0v) is 19.7. The summed E-state index contributed by atoms with van der Waals surface area (Å²) in [7, 11) is 3.73. The van der Waals surface area contributed by atoms with Crippen molar-refractivity contribution in [3.05, 3.63) is 30.2 Å². The highest BCUT2D eigenvalue weighted by Crippen LogP contribution is 2.22. The quantitative estimate of drug-likeness (QED) is 0.381. The molecule has 2 N–H and O–H groups in total. The molecule has 28 heavy (non-hydrogen) atoms. The molecule has 1 aliphatic heterocycles. The molecule has 8 nitrogen and oxygen atoms in total. The maximum absolute atomic E-state index is 5.84. The van der Waals surface area contributed by atoms with E-state index in [4.69, 9.17) is 4.42 Å². The van der Waals surface area contributed by atoms with E-state index >= 15 is 0 Å². The molecule has 0 bridgehead atoms. The Morgan fingerprint density at radius 1 is 1.36 bits per heavy atom. The Morgan fingerprint density at radius 2 is 2.14 bits per heavy atom. The lowest BCUT2D eigenvalue weighted by atomic mass is 9.94. The summed E-state index contributed by atoms with van der Waals surface area (Å²) >= 11 is 0. The van der Waals surface area contributed by atoms with E-state index in [1.165, 1.54) is 5.69 Å². The number of halogens is 1. The van der Waals surface area contributed by atoms with Crippen LogP contribution in [-0.2, 0) is 19.0 Å². The molecule has 2 aromatic heterocycles. The van der Waals surface area contributed by atoms with E-state index in [1.54, 1.807) is 13.2 Å². The molecule has 156 valence electrons. The molecule has 0 aromatic carbocycles. The number of aryl methyl sites for hydroxylation is 1. The van der Waals surface area contributed by atoms with Crippen LogP contribution in [0.2, 0.25) is 0 Å². The third-order valence-electron chi connectivity index (χ3n) is 4.74. The van der Waals surface area contributed by atoms with Crippen LogP contribution in [0.1, 0.15) is 45.3 Å². The van der Waals surface area contributed by atoms with E-state index in [0.717, 1.165) is 37.7 Å². The molecule has 0 aliphatic carbocycles. The Bertz CT molecular complexity index is 777. The van der Waals surface area contributed by atoms with Crippen molar-refractivity contribution in [1.82, 2.24) is 25.4 Å². The fraction of sp³-hybridized carbons (Fsp3) is 0.632. The van der Waals surface area contributed by atoms with Crippen molar-refractivity contribution < 1.29 is 4.42 Å². The molecule has 1 atom stereocenters. The van der Waals surface area contributed by atoms with Gasteiger partial charge in [0, 0.05) is 44.8 Å². The van der Waals surface area contributed by atoms with Crippen molar-refractivity contribution in [2.75, 3.05) is 25.0 Å². The van der Waals surface area contributed by atoms with E-state index < -0.39 is 0 Å². The third-order valence-corrected chi connectivity index (χ3v) is 4.74. The lowest BCUT2D eigenvalue weighted by Gasteiger charge is -2.34. The van der Waals surface area contributed by atoms with Gasteiger partial charge in [-0.2, -0.15) is 5.10 Å². The number of nitrogens with zero attached hydrogens (tertiary/aromatic N) is 5. The highest BCUT2D eigenvalue weighted by molar-refractivity contribution is 14.0. The Balaban J connectivity index is 0.00000280. The Labute approximate surface area is 184 Å². The number of guanidine groups is 1. The Hall–Kier alpha value is -1.78. The second-order valence-electron chi connectivity index (χ2n) is 8.10. The van der Waals surface area contributed by atoms with Gasteiger partial charge in [-0.1, -0.05) is 20.8 Å². The standard InChI is InChI=1S/C19H31N7O.HI/c1-19(2,3)16-10-21-17(27-16)11-22-18(20-4)24-14-7-6-8-26(12-14)15-9-23-25(5)13-15;/h9-10,13-14H,6-8,11-12H2,1-5H3,(H2,20,22,24);1H. The predicted octanol–water partition coefficient (Wildman–Crippen LogP) is 2.66. The van der Waals surface area contributed by atoms with E-state index in [2.05, 4.69) is 57.6 Å². The molecular formula is C19H32IN7O. The van der Waals surface area contributed by atoms with Crippen molar-refractivity contribution in [3.8, 4) is 0 Å². The molecule has 3 rings (SSSR count). The van der Waals surface area contributed by atoms with Crippen molar-refractivity contribution in [2.45, 2.75) is 51.6 Å². The Morgan fingerprint density at radius 3 is 2.75 bits per heavy atom. The highest BCUT2D eigenvalue weighted by Gasteiger charge is 2.22. The van der Waals surface area contributed by atoms with Gasteiger partial charge in [0.15, 0.2) is 5.96 Å². The molecule has 0 spiro atoms. The predicted molar refractivity (Wildman–Crippen MR) is 122 cm³/mol. The van der Waals surface area contributed by atoms with Gasteiger partial charge in [-0.15, -0.1) is 24.0 Å². The Kier molecular flexibility index (Phi) is 7.73. The van der Waals surface area contributed by atoms with E-state index in [0.29, 0.717) is 18.5 Å². The summed E-state index contributed by atoms with van der Waals surface area (Å²) in [4.78, 5) is 11.1. The van der Waals surface area contributed by atoms with Crippen LogP contribution in [0, 0.1) is 0 Å². The van der Waals surface area contributed by atoms with Crippen molar-refractivity contribution in [1.29, 1.82) is 0 Å². The largest absolute Gasteiger partial charge is 0.443 e. The summed E-state index contributed by atoms with van der Waals surface area (Å²) in [6.45, 7) is 8.84. The maximum atomic E-state index is 5.84. The molecule has 0 amide bonds. The van der Waals surface area contributed by atoms with Crippen LogP contribution in [0.25, 0.3) is 0 Å². The number of aliphatic imine (C=N–C) groups is 1. The summed E-state index contributed by atoms with van der Waals surface area (Å²) in [5, 5.41) is 11.1. The number of rotatable bonds is 4. The number of piperidine rings is 1. The van der Waals surface area contributed by atoms with Gasteiger partial charge in [0.25, 0.3) is 0 Å². The van der Waals surface area contributed by atoms with Crippen LogP contribution < -0.4 is 15.5 Å². The van der Waals surface area contributed by atoms with Gasteiger partial charge < -0.3 is 20.0 Å². The molecule has 1 aliphatic rings. The zero-order valence-electron chi connectivity index (χ0n) is 17.4. The molecule has 2 aromatic rings. The fourth-order valence-corrected chi connectivity index (χ4v) is 3.19. The average Bonchev–Trinajstić information content (AvgIpc) is 3.27. The van der Waals surface area contributed by atoms with Gasteiger partial charge in [-0.05, 0) is 12.8 Å². The van der Waals surface area contributed by atoms with Crippen LogP contribution in [-0.4, -0.2) is 46.9 Å². The van der Waals surface area contributed by atoms with Crippen LogP contribution in [0.3, 0.4) is 0 Å². The second-order valence-corrected chi connectivity index (χ2v) is 8.10. The number of oxazole rings is 1. The minimum Gasteiger partial charge on any atom is -0.443 e. The first-order chi connectivity index (χ1) is 12.8. The number of nitrogens with one attached hydrogen (secondary N) is 2. The summed E-state index contributed by atoms with van der Waals surface area (Å²) in [5.74, 6) is 2.33. The zero-order chi connectivity index (χ0) is 19.4. The molecule has 9 heteroatoms. The van der Waals surface area contributed by atoms with Gasteiger partial charge >= 0.3 is 0 Å². The first kappa shape index (κ1) is 22.5. The second kappa shape index (κ2) is 9.62. The smallest absolute Gasteiger partial charge is 0.213 e. The van der Waals surface area contributed by atoms with Crippen molar-refractivity contribution >= 4 is 35.6 Å². The van der Waals surface area contributed by atoms with E-state index in [-0.39, 0.29) is 29.4 Å². The lowest BCUT2D eigenvalue weighted by molar-refractivity contribution is 0.379. The monoisotopic (exact) mass is 501 g/mol. The number of anilines is 1. The number of aromatic nitrogens is 3. The molecule has 0 saturated carbocycles. The van der Waals surface area contributed by atoms with E-state index in [1.807, 2.05) is 17.9 Å². The van der Waals surface area contributed by atoms with Crippen molar-refractivity contribution in [2.24, 2.45) is 12.0 Å². The van der Waals surface area contributed by atoms with Gasteiger partial charge in [-0.25, -0.2) is 4.98 Å². The van der Waals surface area contributed by atoms with Crippen LogP contribution in [0.4, 0.5) is 5.69 Å². The third kappa shape index (κ3) is 5.86. The first-order valence-corrected chi connectivity index (χ1v) is 9.51. The lowest BCUT2D eigenvalue weighted by Crippen LogP contribution is -2.51. The maximum Gasteiger partial charge on any atom is 0.213 e. The summed E-state index contributed by atoms with van der Waals surface area (Å²) in [5.41, 5.74) is 1.13. The van der Waals surface area contributed by atoms with Gasteiger partial charge in [-0.3, -0.25) is 9.67 Å². The molecule has 0 radical (unpaired) electrons. The summed E-state index contributed by atoms with van der Waals surface area (Å²) in [6, 6.07) is 0.333. The van der Waals surface area contributed by atoms with Gasteiger partial charge in [0.1, 0.15) is 5.76 Å². The topological polar surface area (TPSA) is 83.5 Å². The van der Waals surface area contributed by atoms with Crippen LogP contribution in [0.15, 0.2) is 28.0 Å². The molecular weight excluding hydrogens is 469 g/mol. The number of hydrogen-bond donors (Lipinski definition) is 2. The summed E-state index contributed by atoms with van der Waals surface area (Å²) in [6.07, 6.45) is 8.04. The van der Waals surface area contributed by atoms with Crippen molar-refractivity contribution in [3.63, 3.8) is 0 Å². The fourth-order valence-electron chi connectivity index (χ4n) is 3.19. The molecule has 1 fully saturated rings. The van der Waals surface area contributed by atoms with Gasteiger partial charge in [0.2, 0.25) is 5.89 Å².